The fraction of sp³-hybridized carbons (Fsp3) is 0.188. The van der Waals surface area contributed by atoms with E-state index >= 15 is 0 Å². The van der Waals surface area contributed by atoms with Crippen LogP contribution in [0.3, 0.4) is 0 Å². The predicted octanol–water partition coefficient (Wildman–Crippen LogP) is 5.09. The Bertz CT molecular complexity index is 1690. The molecule has 0 aromatic heterocycles. The first-order valence-electron chi connectivity index (χ1n) is 13.0. The number of phenolic OH excluding ortho intramolecular Hbond substituents is 4. The molecule has 42 heavy (non-hydrogen) atoms. The number of benzene rings is 4. The molecular weight excluding hydrogens is 544 g/mol. The van der Waals surface area contributed by atoms with Crippen LogP contribution in [-0.2, 0) is 0 Å². The molecule has 0 radical (unpaired) electrons. The van der Waals surface area contributed by atoms with Gasteiger partial charge in [0, 0.05) is 24.3 Å². The molecule has 4 aromatic rings. The Balaban J connectivity index is 1.58. The monoisotopic (exact) mass is 570 g/mol. The molecule has 2 heterocycles. The van der Waals surface area contributed by atoms with Crippen molar-refractivity contribution in [2.45, 2.75) is 12.2 Å². The zero-order valence-electron chi connectivity index (χ0n) is 22.5. The Labute approximate surface area is 239 Å². The molecule has 0 bridgehead atoms. The van der Waals surface area contributed by atoms with Crippen LogP contribution in [0.2, 0.25) is 0 Å². The number of hydrogen-bond acceptors (Lipinski definition) is 10. The second kappa shape index (κ2) is 10.2. The molecule has 1 unspecified atom stereocenters. The molecule has 214 valence electrons. The molecule has 4 atom stereocenters. The summed E-state index contributed by atoms with van der Waals surface area (Å²) in [5.74, 6) is -4.11. The number of carbonyl (C=O) groups excluding carboxylic acids is 2. The highest BCUT2D eigenvalue weighted by atomic mass is 16.5. The van der Waals surface area contributed by atoms with Crippen molar-refractivity contribution in [1.29, 1.82) is 0 Å². The van der Waals surface area contributed by atoms with Gasteiger partial charge in [-0.2, -0.15) is 0 Å². The van der Waals surface area contributed by atoms with Crippen LogP contribution in [0.5, 0.6) is 46.0 Å². The van der Waals surface area contributed by atoms with E-state index in [1.807, 2.05) is 0 Å². The van der Waals surface area contributed by atoms with Crippen molar-refractivity contribution < 1.29 is 49.0 Å². The molecular formula is C32H26O10. The van der Waals surface area contributed by atoms with Gasteiger partial charge in [0.25, 0.3) is 0 Å². The maximum absolute atomic E-state index is 14.4. The van der Waals surface area contributed by atoms with Crippen molar-refractivity contribution in [1.82, 2.24) is 0 Å². The number of fused-ring (bicyclic) bond motifs is 2. The predicted molar refractivity (Wildman–Crippen MR) is 148 cm³/mol. The van der Waals surface area contributed by atoms with Gasteiger partial charge in [0.05, 0.1) is 26.1 Å². The molecule has 6 rings (SSSR count). The molecule has 0 saturated carbocycles. The molecule has 4 N–H and O–H groups in total. The van der Waals surface area contributed by atoms with Crippen molar-refractivity contribution in [3.63, 3.8) is 0 Å². The van der Waals surface area contributed by atoms with Crippen LogP contribution in [0, 0.1) is 11.8 Å². The number of phenols is 4. The summed E-state index contributed by atoms with van der Waals surface area (Å²) in [6, 6.07) is 17.8. The van der Waals surface area contributed by atoms with Crippen molar-refractivity contribution >= 4 is 11.6 Å². The molecule has 0 amide bonds. The third-order valence-corrected chi connectivity index (χ3v) is 7.67. The van der Waals surface area contributed by atoms with Gasteiger partial charge >= 0.3 is 0 Å². The summed E-state index contributed by atoms with van der Waals surface area (Å²) in [4.78, 5) is 28.8. The first-order chi connectivity index (χ1) is 20.2. The summed E-state index contributed by atoms with van der Waals surface area (Å²) in [6.07, 6.45) is -2.15. The number of methoxy groups -OCH3 is 2. The number of ether oxygens (including phenoxy) is 4. The van der Waals surface area contributed by atoms with E-state index < -0.39 is 41.4 Å². The molecule has 2 aliphatic rings. The van der Waals surface area contributed by atoms with Crippen LogP contribution in [0.1, 0.15) is 44.1 Å². The van der Waals surface area contributed by atoms with Crippen LogP contribution < -0.4 is 18.9 Å². The van der Waals surface area contributed by atoms with Crippen molar-refractivity contribution in [3.8, 4) is 46.0 Å². The highest BCUT2D eigenvalue weighted by Crippen LogP contribution is 2.53. The second-order valence-electron chi connectivity index (χ2n) is 10.1. The van der Waals surface area contributed by atoms with E-state index in [0.717, 1.165) is 6.07 Å². The van der Waals surface area contributed by atoms with E-state index in [2.05, 4.69) is 0 Å². The third-order valence-electron chi connectivity index (χ3n) is 7.67. The van der Waals surface area contributed by atoms with E-state index in [-0.39, 0.29) is 45.6 Å². The van der Waals surface area contributed by atoms with Crippen LogP contribution in [0.15, 0.2) is 72.8 Å². The van der Waals surface area contributed by atoms with E-state index in [0.29, 0.717) is 16.9 Å². The lowest BCUT2D eigenvalue weighted by Gasteiger charge is -2.42. The SMILES string of the molecule is COc1ccc([C@H]2Oc3cc(OC)cc(O)c3C(=O)C2[C@@H]2C(=O)c3c(O)cc(O)cc3O[C@@H]2c2ccc(O)cc2)cc1. The van der Waals surface area contributed by atoms with Crippen molar-refractivity contribution in [3.05, 3.63) is 95.1 Å². The van der Waals surface area contributed by atoms with Crippen molar-refractivity contribution in [2.75, 3.05) is 14.2 Å². The van der Waals surface area contributed by atoms with Crippen LogP contribution >= 0.6 is 0 Å². The summed E-state index contributed by atoms with van der Waals surface area (Å²) in [7, 11) is 2.93. The highest BCUT2D eigenvalue weighted by Gasteiger charge is 2.53. The molecule has 0 aliphatic carbocycles. The van der Waals surface area contributed by atoms with Crippen LogP contribution in [0.4, 0.5) is 0 Å². The third kappa shape index (κ3) is 4.37. The van der Waals surface area contributed by atoms with Gasteiger partial charge in [0.15, 0.2) is 11.6 Å². The normalized spacial score (nSPS) is 21.0. The molecule has 0 saturated heterocycles. The van der Waals surface area contributed by atoms with E-state index in [9.17, 15) is 30.0 Å². The fourth-order valence-corrected chi connectivity index (χ4v) is 5.70. The Kier molecular flexibility index (Phi) is 6.53. The second-order valence-corrected chi connectivity index (χ2v) is 10.1. The van der Waals surface area contributed by atoms with Gasteiger partial charge in [-0.25, -0.2) is 0 Å². The van der Waals surface area contributed by atoms with Crippen LogP contribution in [0.25, 0.3) is 0 Å². The van der Waals surface area contributed by atoms with E-state index in [1.165, 1.54) is 44.6 Å². The first-order valence-corrected chi connectivity index (χ1v) is 13.0. The van der Waals surface area contributed by atoms with Gasteiger partial charge in [-0.15, -0.1) is 0 Å². The molecule has 0 spiro atoms. The molecule has 4 aromatic carbocycles. The summed E-state index contributed by atoms with van der Waals surface area (Å²) < 4.78 is 23.2. The van der Waals surface area contributed by atoms with Gasteiger partial charge < -0.3 is 39.4 Å². The molecule has 10 nitrogen and oxygen atoms in total. The lowest BCUT2D eigenvalue weighted by molar-refractivity contribution is 0.0129. The number of Topliss-reactive ketones (excluding diaryl/α,β-unsaturated/α-hetero) is 2. The number of rotatable bonds is 5. The smallest absolute Gasteiger partial charge is 0.178 e. The van der Waals surface area contributed by atoms with E-state index in [1.54, 1.807) is 36.4 Å². The number of ketones is 2. The minimum atomic E-state index is -1.27. The minimum Gasteiger partial charge on any atom is -0.508 e. The maximum Gasteiger partial charge on any atom is 0.178 e. The minimum absolute atomic E-state index is 0.0193. The standard InChI is InChI=1S/C32H26O10/c1-39-19-9-5-16(6-10-19)32-28(30(38)26-22(36)13-20(40-2)14-24(26)42-32)27-29(37)25-21(35)11-18(34)12-23(25)41-31(27)15-3-7-17(33)8-4-15/h3-14,27-28,31-36H,1-2H3/t27-,28?,31-,32-/m1/s1. The molecule has 0 fully saturated rings. The lowest BCUT2D eigenvalue weighted by Crippen LogP contribution is -2.45. The zero-order valence-corrected chi connectivity index (χ0v) is 22.5. The molecule has 2 aliphatic heterocycles. The topological polar surface area (TPSA) is 152 Å². The fourth-order valence-electron chi connectivity index (χ4n) is 5.70. The number of carbonyl (C=O) groups is 2. The quantitative estimate of drug-likeness (QED) is 0.255. The average molecular weight is 571 g/mol. The van der Waals surface area contributed by atoms with E-state index in [4.69, 9.17) is 18.9 Å². The summed E-state index contributed by atoms with van der Waals surface area (Å²) in [6.45, 7) is 0. The Morgan fingerprint density at radius 1 is 0.571 bits per heavy atom. The Morgan fingerprint density at radius 3 is 1.57 bits per heavy atom. The summed E-state index contributed by atoms with van der Waals surface area (Å²) in [5, 5.41) is 41.6. The highest BCUT2D eigenvalue weighted by molar-refractivity contribution is 6.11. The Morgan fingerprint density at radius 2 is 1.05 bits per heavy atom. The summed E-state index contributed by atoms with van der Waals surface area (Å²) in [5.41, 5.74) is 0.674. The lowest BCUT2D eigenvalue weighted by atomic mass is 9.69. The maximum atomic E-state index is 14.4. The number of aromatic hydroxyl groups is 4. The first kappa shape index (κ1) is 26.8. The van der Waals surface area contributed by atoms with Gasteiger partial charge in [-0.1, -0.05) is 24.3 Å². The average Bonchev–Trinajstić information content (AvgIpc) is 2.97. The molecule has 10 heteroatoms. The van der Waals surface area contributed by atoms with Gasteiger partial charge in [0.1, 0.15) is 69.3 Å². The van der Waals surface area contributed by atoms with Crippen LogP contribution in [-0.4, -0.2) is 46.2 Å². The van der Waals surface area contributed by atoms with Crippen molar-refractivity contribution in [2.24, 2.45) is 11.8 Å². The van der Waals surface area contributed by atoms with Gasteiger partial charge in [0.2, 0.25) is 0 Å². The zero-order chi connectivity index (χ0) is 29.7. The van der Waals surface area contributed by atoms with Gasteiger partial charge in [-0.3, -0.25) is 9.59 Å². The van der Waals surface area contributed by atoms with Gasteiger partial charge in [-0.05, 0) is 35.4 Å². The number of hydrogen-bond donors (Lipinski definition) is 4. The summed E-state index contributed by atoms with van der Waals surface area (Å²) >= 11 is 0. The Hall–Kier alpha value is -5.38. The largest absolute Gasteiger partial charge is 0.508 e.